The summed E-state index contributed by atoms with van der Waals surface area (Å²) in [4.78, 5) is 27.4. The van der Waals surface area contributed by atoms with Crippen LogP contribution in [0.2, 0.25) is 5.02 Å². The third kappa shape index (κ3) is 3.63. The highest BCUT2D eigenvalue weighted by Crippen LogP contribution is 2.26. The van der Waals surface area contributed by atoms with Crippen LogP contribution < -0.4 is 21.5 Å². The molecule has 32 heavy (non-hydrogen) atoms. The van der Waals surface area contributed by atoms with E-state index in [2.05, 4.69) is 28.2 Å². The van der Waals surface area contributed by atoms with Crippen molar-refractivity contribution in [2.24, 2.45) is 0 Å². The Morgan fingerprint density at radius 2 is 1.50 bits per heavy atom. The summed E-state index contributed by atoms with van der Waals surface area (Å²) in [5.41, 5.74) is 4.06. The van der Waals surface area contributed by atoms with Gasteiger partial charge in [0.05, 0.1) is 17.7 Å². The molecule has 7 heteroatoms. The Labute approximate surface area is 201 Å². The quantitative estimate of drug-likeness (QED) is 0.301. The van der Waals surface area contributed by atoms with Gasteiger partial charge >= 0.3 is 0 Å². The second-order valence-electron chi connectivity index (χ2n) is 7.61. The van der Waals surface area contributed by atoms with E-state index in [1.807, 2.05) is 36.4 Å². The molecular formula is C25H21BrClN3O2. The maximum Gasteiger partial charge on any atom is 0.278 e. The number of halogens is 2. The van der Waals surface area contributed by atoms with Crippen molar-refractivity contribution in [3.05, 3.63) is 100 Å². The van der Waals surface area contributed by atoms with Crippen molar-refractivity contribution in [1.29, 1.82) is 0 Å². The second-order valence-corrected chi connectivity index (χ2v) is 8.04. The van der Waals surface area contributed by atoms with Gasteiger partial charge in [-0.3, -0.25) is 14.5 Å². The fourth-order valence-electron chi connectivity index (χ4n) is 4.35. The summed E-state index contributed by atoms with van der Waals surface area (Å²) < 4.78 is 4.31. The highest BCUT2D eigenvalue weighted by atomic mass is 79.9. The van der Waals surface area contributed by atoms with Gasteiger partial charge in [0.25, 0.3) is 17.6 Å². The molecule has 5 rings (SSSR count). The number of imide groups is 1. The van der Waals surface area contributed by atoms with Crippen molar-refractivity contribution in [1.82, 2.24) is 9.47 Å². The van der Waals surface area contributed by atoms with Gasteiger partial charge in [0.1, 0.15) is 13.1 Å². The summed E-state index contributed by atoms with van der Waals surface area (Å²) in [5, 5.41) is 0.652. The zero-order valence-corrected chi connectivity index (χ0v) is 19.8. The Hall–Kier alpha value is -2.96. The lowest BCUT2D eigenvalue weighted by Gasteiger charge is -2.13. The maximum absolute atomic E-state index is 13.0. The molecule has 0 unspecified atom stereocenters. The number of nitrogens with zero attached hydrogens (tertiary/aromatic N) is 3. The van der Waals surface area contributed by atoms with Crippen LogP contribution >= 0.6 is 11.6 Å². The fraction of sp³-hybridized carbons (Fsp3) is 0.160. The largest absolute Gasteiger partial charge is 1.00 e. The molecule has 0 aliphatic carbocycles. The van der Waals surface area contributed by atoms with Crippen LogP contribution in [0.4, 0.5) is 0 Å². The third-order valence-electron chi connectivity index (χ3n) is 5.82. The molecule has 1 aliphatic heterocycles. The van der Waals surface area contributed by atoms with Crippen LogP contribution in [0.1, 0.15) is 39.0 Å². The molecule has 2 heterocycles. The third-order valence-corrected chi connectivity index (χ3v) is 6.05. The van der Waals surface area contributed by atoms with Gasteiger partial charge in [-0.2, -0.15) is 0 Å². The number of rotatable bonds is 5. The molecule has 1 aromatic heterocycles. The van der Waals surface area contributed by atoms with E-state index in [9.17, 15) is 9.59 Å². The van der Waals surface area contributed by atoms with Gasteiger partial charge < -0.3 is 17.0 Å². The first kappa shape index (κ1) is 22.2. The van der Waals surface area contributed by atoms with E-state index >= 15 is 0 Å². The second kappa shape index (κ2) is 8.88. The molecule has 1 aliphatic rings. The summed E-state index contributed by atoms with van der Waals surface area (Å²) in [7, 11) is 0. The van der Waals surface area contributed by atoms with Crippen molar-refractivity contribution < 1.29 is 31.1 Å². The van der Waals surface area contributed by atoms with E-state index in [0.29, 0.717) is 29.2 Å². The highest BCUT2D eigenvalue weighted by molar-refractivity contribution is 6.31. The van der Waals surface area contributed by atoms with E-state index < -0.39 is 0 Å². The van der Waals surface area contributed by atoms with Gasteiger partial charge in [-0.1, -0.05) is 54.1 Å². The number of hydrogen-bond acceptors (Lipinski definition) is 2. The van der Waals surface area contributed by atoms with E-state index in [4.69, 9.17) is 11.6 Å². The van der Waals surface area contributed by atoms with Gasteiger partial charge in [0.15, 0.2) is 11.0 Å². The van der Waals surface area contributed by atoms with Crippen LogP contribution in [0.3, 0.4) is 0 Å². The number of aromatic nitrogens is 2. The van der Waals surface area contributed by atoms with Gasteiger partial charge in [0, 0.05) is 11.1 Å². The first-order valence-electron chi connectivity index (χ1n) is 10.3. The molecule has 5 nitrogen and oxygen atoms in total. The Balaban J connectivity index is 0.00000245. The molecule has 4 aromatic rings. The van der Waals surface area contributed by atoms with Gasteiger partial charge in [0.2, 0.25) is 0 Å². The number of imidazole rings is 1. The fourth-order valence-corrected chi connectivity index (χ4v) is 4.52. The van der Waals surface area contributed by atoms with Crippen molar-refractivity contribution in [3.63, 3.8) is 0 Å². The topological polar surface area (TPSA) is 46.2 Å². The molecule has 3 aromatic carbocycles. The maximum atomic E-state index is 13.0. The lowest BCUT2D eigenvalue weighted by Crippen LogP contribution is -3.00. The van der Waals surface area contributed by atoms with Crippen molar-refractivity contribution >= 4 is 34.4 Å². The van der Waals surface area contributed by atoms with E-state index in [-0.39, 0.29) is 35.3 Å². The van der Waals surface area contributed by atoms with Crippen LogP contribution in [0.5, 0.6) is 0 Å². The average molecular weight is 511 g/mol. The van der Waals surface area contributed by atoms with Gasteiger partial charge in [-0.25, -0.2) is 9.13 Å². The summed E-state index contributed by atoms with van der Waals surface area (Å²) in [6.07, 6.45) is 0. The standard InChI is InChI=1S/C25H21ClN3O2.BrH/c1-2-27-22-14-18(26)12-13-21(22)28(15-17-8-4-3-5-9-17)23(27)16-29-24(30)19-10-6-7-11-20(19)25(29)31;/h3-14H,2,15-16H2,1H3;1H/q+1;/p-1. The number of carbonyl (C=O) groups excluding carboxylic acids is 2. The lowest BCUT2D eigenvalue weighted by atomic mass is 10.1. The number of fused-ring (bicyclic) bond motifs is 2. The molecule has 0 saturated heterocycles. The number of hydrogen-bond donors (Lipinski definition) is 0. The molecule has 0 saturated carbocycles. The minimum absolute atomic E-state index is 0. The smallest absolute Gasteiger partial charge is 0.278 e. The summed E-state index contributed by atoms with van der Waals surface area (Å²) >= 11 is 6.31. The van der Waals surface area contributed by atoms with Gasteiger partial charge in [-0.05, 0) is 36.8 Å². The van der Waals surface area contributed by atoms with Gasteiger partial charge in [-0.15, -0.1) is 0 Å². The Kier molecular flexibility index (Phi) is 6.17. The number of carbonyl (C=O) groups is 2. The van der Waals surface area contributed by atoms with Crippen LogP contribution in [-0.4, -0.2) is 21.3 Å². The van der Waals surface area contributed by atoms with Crippen molar-refractivity contribution in [3.8, 4) is 0 Å². The first-order chi connectivity index (χ1) is 15.1. The summed E-state index contributed by atoms with van der Waals surface area (Å²) in [5.74, 6) is 0.383. The summed E-state index contributed by atoms with van der Waals surface area (Å²) in [6, 6.07) is 23.0. The van der Waals surface area contributed by atoms with E-state index in [1.165, 1.54) is 4.90 Å². The molecule has 0 N–H and O–H groups in total. The van der Waals surface area contributed by atoms with E-state index in [1.54, 1.807) is 24.3 Å². The van der Waals surface area contributed by atoms with Crippen LogP contribution in [0.15, 0.2) is 72.8 Å². The monoisotopic (exact) mass is 509 g/mol. The zero-order chi connectivity index (χ0) is 21.5. The number of benzene rings is 3. The van der Waals surface area contributed by atoms with Crippen molar-refractivity contribution in [2.75, 3.05) is 0 Å². The first-order valence-corrected chi connectivity index (χ1v) is 10.7. The molecular weight excluding hydrogens is 490 g/mol. The van der Waals surface area contributed by atoms with Crippen molar-refractivity contribution in [2.45, 2.75) is 26.6 Å². The van der Waals surface area contributed by atoms with Crippen LogP contribution in [0, 0.1) is 0 Å². The molecule has 2 amide bonds. The number of aryl methyl sites for hydroxylation is 1. The normalized spacial score (nSPS) is 12.9. The molecule has 0 spiro atoms. The Morgan fingerprint density at radius 1 is 0.875 bits per heavy atom. The lowest BCUT2D eigenvalue weighted by molar-refractivity contribution is -0.671. The zero-order valence-electron chi connectivity index (χ0n) is 17.5. The van der Waals surface area contributed by atoms with Crippen LogP contribution in [0.25, 0.3) is 11.0 Å². The van der Waals surface area contributed by atoms with Crippen LogP contribution in [-0.2, 0) is 19.6 Å². The minimum Gasteiger partial charge on any atom is -1.00 e. The number of amides is 2. The molecule has 0 fully saturated rings. The predicted molar refractivity (Wildman–Crippen MR) is 119 cm³/mol. The minimum atomic E-state index is -0.252. The SMILES string of the molecule is CCn1c(CN2C(=O)c3ccccc3C2=O)[n+](Cc2ccccc2)c2ccc(Cl)cc21.[Br-]. The predicted octanol–water partition coefficient (Wildman–Crippen LogP) is 1.45. The molecule has 162 valence electrons. The molecule has 0 atom stereocenters. The Bertz CT molecular complexity index is 1300. The highest BCUT2D eigenvalue weighted by Gasteiger charge is 2.38. The Morgan fingerprint density at radius 3 is 2.12 bits per heavy atom. The average Bonchev–Trinajstić information content (AvgIpc) is 3.21. The van der Waals surface area contributed by atoms with E-state index in [0.717, 1.165) is 22.4 Å². The molecule has 0 bridgehead atoms. The molecule has 0 radical (unpaired) electrons. The summed E-state index contributed by atoms with van der Waals surface area (Å²) in [6.45, 7) is 3.57.